The lowest BCUT2D eigenvalue weighted by atomic mass is 9.96. The van der Waals surface area contributed by atoms with Crippen LogP contribution in [-0.2, 0) is 19.4 Å². The van der Waals surface area contributed by atoms with E-state index >= 15 is 0 Å². The first kappa shape index (κ1) is 12.9. The lowest BCUT2D eigenvalue weighted by Gasteiger charge is -2.36. The molecule has 2 aliphatic rings. The zero-order valence-corrected chi connectivity index (χ0v) is 11.6. The minimum atomic E-state index is -0.174. The van der Waals surface area contributed by atoms with Gasteiger partial charge < -0.3 is 15.7 Å². The fraction of sp³-hybridized carbons (Fsp3) is 0.667. The molecule has 1 aliphatic heterocycles. The molecule has 0 amide bonds. The summed E-state index contributed by atoms with van der Waals surface area (Å²) in [6.45, 7) is 4.40. The van der Waals surface area contributed by atoms with Crippen molar-refractivity contribution in [2.24, 2.45) is 11.7 Å². The molecule has 0 aromatic carbocycles. The fourth-order valence-electron chi connectivity index (χ4n) is 3.26. The molecular weight excluding hydrogens is 238 g/mol. The van der Waals surface area contributed by atoms with Crippen LogP contribution < -0.4 is 10.6 Å². The third-order valence-corrected chi connectivity index (χ3v) is 4.49. The Morgan fingerprint density at radius 3 is 3.05 bits per heavy atom. The summed E-state index contributed by atoms with van der Waals surface area (Å²) >= 11 is 0. The number of fused-ring (bicyclic) bond motifs is 1. The summed E-state index contributed by atoms with van der Waals surface area (Å²) in [6, 6.07) is 2.25. The molecule has 1 saturated heterocycles. The van der Waals surface area contributed by atoms with Crippen molar-refractivity contribution < 1.29 is 5.11 Å². The smallest absolute Gasteiger partial charge is 0.133 e. The summed E-state index contributed by atoms with van der Waals surface area (Å²) in [5, 5.41) is 9.85. The highest BCUT2D eigenvalue weighted by molar-refractivity contribution is 5.51. The van der Waals surface area contributed by atoms with Crippen molar-refractivity contribution >= 4 is 5.82 Å². The van der Waals surface area contributed by atoms with E-state index in [9.17, 15) is 5.11 Å². The highest BCUT2D eigenvalue weighted by Gasteiger charge is 2.27. The quantitative estimate of drug-likeness (QED) is 0.840. The number of nitrogens with two attached hydrogens (primary N) is 1. The predicted octanol–water partition coefficient (Wildman–Crippen LogP) is 1.24. The van der Waals surface area contributed by atoms with Crippen LogP contribution in [0.5, 0.6) is 0 Å². The van der Waals surface area contributed by atoms with Crippen LogP contribution in [0.25, 0.3) is 0 Å². The molecule has 4 nitrogen and oxygen atoms in total. The molecule has 2 heterocycles. The summed E-state index contributed by atoms with van der Waals surface area (Å²) < 4.78 is 0. The van der Waals surface area contributed by atoms with Gasteiger partial charge in [0.15, 0.2) is 0 Å². The fourth-order valence-corrected chi connectivity index (χ4v) is 3.26. The molecule has 1 aromatic heterocycles. The number of piperidine rings is 1. The van der Waals surface area contributed by atoms with E-state index in [1.807, 2.05) is 0 Å². The molecule has 104 valence electrons. The van der Waals surface area contributed by atoms with Crippen molar-refractivity contribution in [3.8, 4) is 0 Å². The van der Waals surface area contributed by atoms with E-state index in [4.69, 9.17) is 10.7 Å². The second-order valence-corrected chi connectivity index (χ2v) is 5.91. The standard InChI is InChI=1S/C15H23N3O/c1-10-9-18(6-5-14(10)19)15-12(8-16)7-11-3-2-4-13(11)17-15/h7,10,14,19H,2-6,8-9,16H2,1H3. The highest BCUT2D eigenvalue weighted by atomic mass is 16.3. The number of aliphatic hydroxyl groups is 1. The predicted molar refractivity (Wildman–Crippen MR) is 76.2 cm³/mol. The topological polar surface area (TPSA) is 62.4 Å². The second kappa shape index (κ2) is 5.10. The molecule has 19 heavy (non-hydrogen) atoms. The highest BCUT2D eigenvalue weighted by Crippen LogP contribution is 2.29. The van der Waals surface area contributed by atoms with E-state index in [1.165, 1.54) is 17.7 Å². The monoisotopic (exact) mass is 261 g/mol. The molecule has 2 unspecified atom stereocenters. The number of pyridine rings is 1. The number of aliphatic hydroxyl groups excluding tert-OH is 1. The maximum absolute atomic E-state index is 9.85. The molecule has 0 radical (unpaired) electrons. The van der Waals surface area contributed by atoms with Gasteiger partial charge in [-0.1, -0.05) is 6.92 Å². The molecule has 4 heteroatoms. The molecule has 3 rings (SSSR count). The van der Waals surface area contributed by atoms with Crippen molar-refractivity contribution in [1.29, 1.82) is 0 Å². The number of rotatable bonds is 2. The third-order valence-electron chi connectivity index (χ3n) is 4.49. The van der Waals surface area contributed by atoms with Gasteiger partial charge in [0, 0.05) is 30.9 Å². The molecular formula is C15H23N3O. The number of nitrogens with zero attached hydrogens (tertiary/aromatic N) is 2. The van der Waals surface area contributed by atoms with Crippen LogP contribution in [0.3, 0.4) is 0 Å². The third kappa shape index (κ3) is 2.35. The summed E-state index contributed by atoms with van der Waals surface area (Å²) in [5.74, 6) is 1.36. The first-order valence-electron chi connectivity index (χ1n) is 7.33. The average Bonchev–Trinajstić information content (AvgIpc) is 2.87. The average molecular weight is 261 g/mol. The van der Waals surface area contributed by atoms with Crippen molar-refractivity contribution in [3.63, 3.8) is 0 Å². The Morgan fingerprint density at radius 1 is 1.47 bits per heavy atom. The van der Waals surface area contributed by atoms with Crippen molar-refractivity contribution in [2.45, 2.75) is 45.3 Å². The number of hydrogen-bond donors (Lipinski definition) is 2. The van der Waals surface area contributed by atoms with Crippen LogP contribution in [0.1, 0.15) is 36.6 Å². The number of hydrogen-bond acceptors (Lipinski definition) is 4. The van der Waals surface area contributed by atoms with E-state index in [0.717, 1.165) is 43.7 Å². The molecule has 0 spiro atoms. The number of anilines is 1. The lowest BCUT2D eigenvalue weighted by molar-refractivity contribution is 0.0968. The van der Waals surface area contributed by atoms with Gasteiger partial charge in [0.1, 0.15) is 5.82 Å². The Balaban J connectivity index is 1.91. The Labute approximate surface area is 114 Å². The van der Waals surface area contributed by atoms with Crippen LogP contribution in [0.4, 0.5) is 5.82 Å². The minimum Gasteiger partial charge on any atom is -0.393 e. The SMILES string of the molecule is CC1CN(c2nc3c(cc2CN)CCC3)CCC1O. The van der Waals surface area contributed by atoms with Gasteiger partial charge in [0.2, 0.25) is 0 Å². The van der Waals surface area contributed by atoms with E-state index in [-0.39, 0.29) is 6.10 Å². The van der Waals surface area contributed by atoms with Crippen LogP contribution in [0.15, 0.2) is 6.07 Å². The zero-order valence-electron chi connectivity index (χ0n) is 11.6. The van der Waals surface area contributed by atoms with E-state index in [2.05, 4.69) is 17.9 Å². The van der Waals surface area contributed by atoms with Crippen LogP contribution in [-0.4, -0.2) is 29.3 Å². The van der Waals surface area contributed by atoms with Gasteiger partial charge >= 0.3 is 0 Å². The maximum Gasteiger partial charge on any atom is 0.133 e. The first-order chi connectivity index (χ1) is 9.19. The van der Waals surface area contributed by atoms with Crippen LogP contribution in [0.2, 0.25) is 0 Å². The lowest BCUT2D eigenvalue weighted by Crippen LogP contribution is -2.43. The minimum absolute atomic E-state index is 0.174. The molecule has 1 aromatic rings. The zero-order chi connectivity index (χ0) is 13.4. The molecule has 0 saturated carbocycles. The van der Waals surface area contributed by atoms with Crippen molar-refractivity contribution in [2.75, 3.05) is 18.0 Å². The van der Waals surface area contributed by atoms with Gasteiger partial charge in [-0.05, 0) is 43.2 Å². The van der Waals surface area contributed by atoms with E-state index < -0.39 is 0 Å². The maximum atomic E-state index is 9.85. The van der Waals surface area contributed by atoms with Gasteiger partial charge in [-0.15, -0.1) is 0 Å². The largest absolute Gasteiger partial charge is 0.393 e. The van der Waals surface area contributed by atoms with Crippen molar-refractivity contribution in [3.05, 3.63) is 22.9 Å². The van der Waals surface area contributed by atoms with E-state index in [0.29, 0.717) is 12.5 Å². The molecule has 0 bridgehead atoms. The van der Waals surface area contributed by atoms with Crippen LogP contribution >= 0.6 is 0 Å². The summed E-state index contributed by atoms with van der Waals surface area (Å²) in [4.78, 5) is 7.18. The Morgan fingerprint density at radius 2 is 2.32 bits per heavy atom. The van der Waals surface area contributed by atoms with E-state index in [1.54, 1.807) is 0 Å². The van der Waals surface area contributed by atoms with Gasteiger partial charge in [-0.2, -0.15) is 0 Å². The summed E-state index contributed by atoms with van der Waals surface area (Å²) in [6.07, 6.45) is 4.10. The first-order valence-corrected chi connectivity index (χ1v) is 7.33. The van der Waals surface area contributed by atoms with Crippen LogP contribution in [0, 0.1) is 5.92 Å². The Kier molecular flexibility index (Phi) is 3.46. The second-order valence-electron chi connectivity index (χ2n) is 5.91. The normalized spacial score (nSPS) is 26.6. The Hall–Kier alpha value is -1.13. The Bertz CT molecular complexity index is 475. The summed E-state index contributed by atoms with van der Waals surface area (Å²) in [5.41, 5.74) is 9.69. The summed E-state index contributed by atoms with van der Waals surface area (Å²) in [7, 11) is 0. The van der Waals surface area contributed by atoms with Crippen molar-refractivity contribution in [1.82, 2.24) is 4.98 Å². The number of aryl methyl sites for hydroxylation is 2. The molecule has 2 atom stereocenters. The number of aromatic nitrogens is 1. The van der Waals surface area contributed by atoms with Gasteiger partial charge in [-0.3, -0.25) is 0 Å². The van der Waals surface area contributed by atoms with Gasteiger partial charge in [-0.25, -0.2) is 4.98 Å². The molecule has 1 fully saturated rings. The molecule has 1 aliphatic carbocycles. The van der Waals surface area contributed by atoms with Gasteiger partial charge in [0.25, 0.3) is 0 Å². The molecule has 3 N–H and O–H groups in total. The van der Waals surface area contributed by atoms with Gasteiger partial charge in [0.05, 0.1) is 6.10 Å².